The zero-order valence-electron chi connectivity index (χ0n) is 8.43. The lowest BCUT2D eigenvalue weighted by molar-refractivity contribution is 0.372. The highest BCUT2D eigenvalue weighted by Gasteiger charge is 2.01. The topological polar surface area (TPSA) is 63.8 Å². The molecule has 2 aromatic rings. The van der Waals surface area contributed by atoms with E-state index in [1.165, 1.54) is 0 Å². The van der Waals surface area contributed by atoms with E-state index in [2.05, 4.69) is 20.4 Å². The number of rotatable bonds is 5. The largest absolute Gasteiger partial charge is 0.339 e. The second-order valence-electron chi connectivity index (χ2n) is 3.14. The molecule has 0 aromatic carbocycles. The smallest absolute Gasteiger partial charge is 0.227 e. The minimum atomic E-state index is 0.679. The van der Waals surface area contributed by atoms with Crippen LogP contribution in [0, 0.1) is 6.92 Å². The molecule has 15 heavy (non-hydrogen) atoms. The third-order valence-electron chi connectivity index (χ3n) is 1.87. The highest BCUT2D eigenvalue weighted by molar-refractivity contribution is 7.07. The van der Waals surface area contributed by atoms with Crippen LogP contribution in [0.4, 0.5) is 0 Å². The fourth-order valence-electron chi connectivity index (χ4n) is 1.18. The van der Waals surface area contributed by atoms with Crippen molar-refractivity contribution in [3.63, 3.8) is 0 Å². The summed E-state index contributed by atoms with van der Waals surface area (Å²) in [4.78, 5) is 8.28. The van der Waals surface area contributed by atoms with Gasteiger partial charge in [0.15, 0.2) is 5.82 Å². The van der Waals surface area contributed by atoms with Crippen LogP contribution < -0.4 is 5.32 Å². The lowest BCUT2D eigenvalue weighted by atomic mass is 10.4. The Balaban J connectivity index is 1.67. The Morgan fingerprint density at radius 1 is 1.53 bits per heavy atom. The predicted octanol–water partition coefficient (Wildman–Crippen LogP) is 1.17. The van der Waals surface area contributed by atoms with E-state index in [-0.39, 0.29) is 0 Å². The number of aryl methyl sites for hydroxylation is 1. The first kappa shape index (κ1) is 10.3. The average Bonchev–Trinajstić information content (AvgIpc) is 2.84. The molecular formula is C9H12N4OS. The van der Waals surface area contributed by atoms with Crippen LogP contribution in [-0.4, -0.2) is 21.7 Å². The third kappa shape index (κ3) is 3.10. The Morgan fingerprint density at radius 2 is 2.47 bits per heavy atom. The van der Waals surface area contributed by atoms with Gasteiger partial charge in [0.1, 0.15) is 0 Å². The summed E-state index contributed by atoms with van der Waals surface area (Å²) in [6, 6.07) is 0. The van der Waals surface area contributed by atoms with E-state index < -0.39 is 0 Å². The second kappa shape index (κ2) is 4.99. The van der Waals surface area contributed by atoms with Crippen LogP contribution in [0.1, 0.15) is 17.4 Å². The number of nitrogens with zero attached hydrogens (tertiary/aromatic N) is 3. The fourth-order valence-corrected chi connectivity index (χ4v) is 1.74. The van der Waals surface area contributed by atoms with E-state index in [1.807, 2.05) is 17.8 Å². The molecule has 2 heterocycles. The summed E-state index contributed by atoms with van der Waals surface area (Å²) in [5.74, 6) is 1.36. The van der Waals surface area contributed by atoms with Gasteiger partial charge in [-0.05, 0) is 6.92 Å². The van der Waals surface area contributed by atoms with Crippen molar-refractivity contribution in [2.75, 3.05) is 6.54 Å². The van der Waals surface area contributed by atoms with E-state index in [9.17, 15) is 0 Å². The highest BCUT2D eigenvalue weighted by atomic mass is 32.1. The van der Waals surface area contributed by atoms with Gasteiger partial charge in [0.25, 0.3) is 0 Å². The summed E-state index contributed by atoms with van der Waals surface area (Å²) in [6.45, 7) is 3.42. The van der Waals surface area contributed by atoms with Crippen molar-refractivity contribution in [3.8, 4) is 0 Å². The molecule has 0 aliphatic rings. The first-order chi connectivity index (χ1) is 7.34. The Kier molecular flexibility index (Phi) is 3.41. The van der Waals surface area contributed by atoms with E-state index >= 15 is 0 Å². The van der Waals surface area contributed by atoms with Crippen molar-refractivity contribution in [2.24, 2.45) is 0 Å². The monoisotopic (exact) mass is 224 g/mol. The molecule has 80 valence electrons. The van der Waals surface area contributed by atoms with Crippen molar-refractivity contribution >= 4 is 11.3 Å². The van der Waals surface area contributed by atoms with E-state index in [0.717, 1.165) is 25.2 Å². The standard InChI is InChI=1S/C9H12N4OS/c1-7-12-9(14-13-7)2-3-10-4-8-5-15-6-11-8/h5-6,10H,2-4H2,1H3. The normalized spacial score (nSPS) is 10.7. The van der Waals surface area contributed by atoms with E-state index in [4.69, 9.17) is 4.52 Å². The maximum Gasteiger partial charge on any atom is 0.227 e. The van der Waals surface area contributed by atoms with Crippen molar-refractivity contribution in [1.82, 2.24) is 20.4 Å². The Bertz CT molecular complexity index is 398. The van der Waals surface area contributed by atoms with Crippen LogP contribution >= 0.6 is 11.3 Å². The van der Waals surface area contributed by atoms with Crippen molar-refractivity contribution < 1.29 is 4.52 Å². The SMILES string of the molecule is Cc1noc(CCNCc2cscn2)n1. The quantitative estimate of drug-likeness (QED) is 0.772. The van der Waals surface area contributed by atoms with Crippen LogP contribution in [0.15, 0.2) is 15.4 Å². The van der Waals surface area contributed by atoms with Crippen LogP contribution in [0.25, 0.3) is 0 Å². The number of thiazole rings is 1. The lowest BCUT2D eigenvalue weighted by Gasteiger charge is -1.98. The van der Waals surface area contributed by atoms with Crippen molar-refractivity contribution in [2.45, 2.75) is 19.9 Å². The lowest BCUT2D eigenvalue weighted by Crippen LogP contribution is -2.16. The molecule has 0 unspecified atom stereocenters. The number of nitrogens with one attached hydrogen (secondary N) is 1. The number of aromatic nitrogens is 3. The average molecular weight is 224 g/mol. The summed E-state index contributed by atoms with van der Waals surface area (Å²) in [7, 11) is 0. The maximum absolute atomic E-state index is 4.99. The summed E-state index contributed by atoms with van der Waals surface area (Å²) in [5.41, 5.74) is 2.90. The molecule has 0 atom stereocenters. The molecular weight excluding hydrogens is 212 g/mol. The number of hydrogen-bond acceptors (Lipinski definition) is 6. The molecule has 6 heteroatoms. The maximum atomic E-state index is 4.99. The predicted molar refractivity (Wildman–Crippen MR) is 56.6 cm³/mol. The molecule has 0 fully saturated rings. The molecule has 0 bridgehead atoms. The van der Waals surface area contributed by atoms with E-state index in [1.54, 1.807) is 11.3 Å². The molecule has 2 aromatic heterocycles. The van der Waals surface area contributed by atoms with Gasteiger partial charge in [-0.15, -0.1) is 11.3 Å². The second-order valence-corrected chi connectivity index (χ2v) is 3.86. The summed E-state index contributed by atoms with van der Waals surface area (Å²) >= 11 is 1.61. The first-order valence-corrected chi connectivity index (χ1v) is 5.66. The Morgan fingerprint density at radius 3 is 3.13 bits per heavy atom. The highest BCUT2D eigenvalue weighted by Crippen LogP contribution is 2.00. The molecule has 0 saturated heterocycles. The molecule has 0 amide bonds. The Labute approximate surface area is 91.5 Å². The van der Waals surface area contributed by atoms with Crippen molar-refractivity contribution in [1.29, 1.82) is 0 Å². The fraction of sp³-hybridized carbons (Fsp3) is 0.444. The molecule has 0 spiro atoms. The zero-order chi connectivity index (χ0) is 10.5. The van der Waals surface area contributed by atoms with Crippen molar-refractivity contribution in [3.05, 3.63) is 28.3 Å². The zero-order valence-corrected chi connectivity index (χ0v) is 9.25. The first-order valence-electron chi connectivity index (χ1n) is 4.71. The van der Waals surface area contributed by atoms with Gasteiger partial charge in [0.2, 0.25) is 5.89 Å². The van der Waals surface area contributed by atoms with Gasteiger partial charge in [-0.1, -0.05) is 5.16 Å². The van der Waals surface area contributed by atoms with Gasteiger partial charge in [0.05, 0.1) is 11.2 Å². The summed E-state index contributed by atoms with van der Waals surface area (Å²) in [5, 5.41) is 9.01. The van der Waals surface area contributed by atoms with Crippen LogP contribution in [0.5, 0.6) is 0 Å². The van der Waals surface area contributed by atoms with Gasteiger partial charge in [-0.2, -0.15) is 4.98 Å². The minimum Gasteiger partial charge on any atom is -0.339 e. The molecule has 0 radical (unpaired) electrons. The molecule has 2 rings (SSSR count). The van der Waals surface area contributed by atoms with Gasteiger partial charge in [0, 0.05) is 24.9 Å². The van der Waals surface area contributed by atoms with Crippen LogP contribution in [0.2, 0.25) is 0 Å². The summed E-state index contributed by atoms with van der Waals surface area (Å²) < 4.78 is 4.99. The summed E-state index contributed by atoms with van der Waals surface area (Å²) in [6.07, 6.45) is 0.755. The molecule has 0 aliphatic heterocycles. The van der Waals surface area contributed by atoms with Crippen LogP contribution in [0.3, 0.4) is 0 Å². The van der Waals surface area contributed by atoms with Gasteiger partial charge >= 0.3 is 0 Å². The van der Waals surface area contributed by atoms with Gasteiger partial charge in [-0.25, -0.2) is 4.98 Å². The minimum absolute atomic E-state index is 0.679. The Hall–Kier alpha value is -1.27. The molecule has 5 nitrogen and oxygen atoms in total. The third-order valence-corrected chi connectivity index (χ3v) is 2.51. The van der Waals surface area contributed by atoms with Crippen LogP contribution in [-0.2, 0) is 13.0 Å². The molecule has 0 saturated carbocycles. The van der Waals surface area contributed by atoms with Gasteiger partial charge < -0.3 is 9.84 Å². The molecule has 0 aliphatic carbocycles. The number of hydrogen-bond donors (Lipinski definition) is 1. The van der Waals surface area contributed by atoms with E-state index in [0.29, 0.717) is 11.7 Å². The van der Waals surface area contributed by atoms with Gasteiger partial charge in [-0.3, -0.25) is 0 Å². The molecule has 1 N–H and O–H groups in total.